The molecule has 0 fully saturated rings. The summed E-state index contributed by atoms with van der Waals surface area (Å²) in [6, 6.07) is 0. The first-order valence-corrected chi connectivity index (χ1v) is 6.49. The summed E-state index contributed by atoms with van der Waals surface area (Å²) >= 11 is 5.13. The fourth-order valence-corrected chi connectivity index (χ4v) is 1.98. The van der Waals surface area contributed by atoms with Crippen LogP contribution in [0.15, 0.2) is 12.4 Å². The van der Waals surface area contributed by atoms with Crippen molar-refractivity contribution in [3.05, 3.63) is 17.2 Å². The van der Waals surface area contributed by atoms with Crippen LogP contribution in [0.25, 0.3) is 0 Å². The minimum Gasteiger partial charge on any atom is -0.337 e. The monoisotopic (exact) mass is 226 g/mol. The van der Waals surface area contributed by atoms with Gasteiger partial charge in [-0.3, -0.25) is 0 Å². The van der Waals surface area contributed by atoms with E-state index in [9.17, 15) is 0 Å². The van der Waals surface area contributed by atoms with E-state index in [1.807, 2.05) is 12.4 Å². The summed E-state index contributed by atoms with van der Waals surface area (Å²) in [6.45, 7) is 3.32. The molecule has 3 heteroatoms. The molecule has 0 atom stereocenters. The van der Waals surface area contributed by atoms with E-state index in [1.165, 1.54) is 44.9 Å². The Bertz CT molecular complexity index is 301. The van der Waals surface area contributed by atoms with Crippen molar-refractivity contribution in [3.63, 3.8) is 0 Å². The minimum atomic E-state index is 0.848. The van der Waals surface area contributed by atoms with E-state index in [0.29, 0.717) is 0 Å². The molecule has 1 aromatic rings. The summed E-state index contributed by atoms with van der Waals surface area (Å²) in [7, 11) is 0. The van der Waals surface area contributed by atoms with Gasteiger partial charge in [0.05, 0.1) is 0 Å². The fourth-order valence-electron chi connectivity index (χ4n) is 1.76. The van der Waals surface area contributed by atoms with Crippen LogP contribution >= 0.6 is 12.2 Å². The molecule has 1 N–H and O–H groups in total. The molecular weight excluding hydrogens is 204 g/mol. The third-order valence-corrected chi connectivity index (χ3v) is 3.08. The highest BCUT2D eigenvalue weighted by Gasteiger charge is 1.93. The van der Waals surface area contributed by atoms with Crippen LogP contribution in [0.3, 0.4) is 0 Å². The average Bonchev–Trinajstić information content (AvgIpc) is 2.63. The lowest BCUT2D eigenvalue weighted by Crippen LogP contribution is -1.96. The van der Waals surface area contributed by atoms with E-state index in [2.05, 4.69) is 16.5 Å². The van der Waals surface area contributed by atoms with Gasteiger partial charge in [0, 0.05) is 18.9 Å². The van der Waals surface area contributed by atoms with Crippen LogP contribution in [-0.4, -0.2) is 9.55 Å². The average molecular weight is 226 g/mol. The first kappa shape index (κ1) is 12.5. The Labute approximate surface area is 97.7 Å². The zero-order valence-electron chi connectivity index (χ0n) is 9.67. The fraction of sp³-hybridized carbons (Fsp3) is 0.750. The van der Waals surface area contributed by atoms with E-state index in [1.54, 1.807) is 0 Å². The largest absolute Gasteiger partial charge is 0.337 e. The van der Waals surface area contributed by atoms with Crippen LogP contribution in [0.2, 0.25) is 0 Å². The molecule has 1 aromatic heterocycles. The number of nitrogens with zero attached hydrogens (tertiary/aromatic N) is 1. The van der Waals surface area contributed by atoms with Gasteiger partial charge in [-0.2, -0.15) is 0 Å². The van der Waals surface area contributed by atoms with Crippen molar-refractivity contribution in [2.75, 3.05) is 0 Å². The van der Waals surface area contributed by atoms with Crippen LogP contribution in [0.4, 0.5) is 0 Å². The first-order chi connectivity index (χ1) is 7.34. The van der Waals surface area contributed by atoms with Crippen molar-refractivity contribution in [2.24, 2.45) is 0 Å². The van der Waals surface area contributed by atoms with Crippen molar-refractivity contribution in [2.45, 2.75) is 58.4 Å². The molecule has 0 spiro atoms. The molecule has 1 heterocycles. The topological polar surface area (TPSA) is 20.7 Å². The second-order valence-electron chi connectivity index (χ2n) is 4.08. The molecule has 2 nitrogen and oxygen atoms in total. The van der Waals surface area contributed by atoms with Gasteiger partial charge in [-0.05, 0) is 18.6 Å². The molecule has 0 aliphatic carbocycles. The normalized spacial score (nSPS) is 10.7. The zero-order valence-corrected chi connectivity index (χ0v) is 10.5. The van der Waals surface area contributed by atoms with Crippen LogP contribution in [0, 0.1) is 4.77 Å². The Balaban J connectivity index is 1.98. The summed E-state index contributed by atoms with van der Waals surface area (Å²) in [4.78, 5) is 3.02. The number of aryl methyl sites for hydroxylation is 1. The van der Waals surface area contributed by atoms with Gasteiger partial charge >= 0.3 is 0 Å². The lowest BCUT2D eigenvalue weighted by molar-refractivity contribution is 0.547. The van der Waals surface area contributed by atoms with Crippen LogP contribution in [0.5, 0.6) is 0 Å². The molecule has 0 aromatic carbocycles. The molecule has 0 aliphatic heterocycles. The molecule has 15 heavy (non-hydrogen) atoms. The summed E-state index contributed by atoms with van der Waals surface area (Å²) in [5.41, 5.74) is 0. The highest BCUT2D eigenvalue weighted by atomic mass is 32.1. The third-order valence-electron chi connectivity index (χ3n) is 2.72. The highest BCUT2D eigenvalue weighted by molar-refractivity contribution is 7.71. The maximum absolute atomic E-state index is 5.13. The number of unbranched alkanes of at least 4 members (excludes halogenated alkanes) is 6. The number of nitrogens with one attached hydrogen (secondary N) is 1. The molecule has 86 valence electrons. The lowest BCUT2D eigenvalue weighted by atomic mass is 10.1. The van der Waals surface area contributed by atoms with Gasteiger partial charge in [-0.15, -0.1) is 0 Å². The van der Waals surface area contributed by atoms with Gasteiger partial charge in [0.25, 0.3) is 0 Å². The van der Waals surface area contributed by atoms with E-state index < -0.39 is 0 Å². The molecule has 0 unspecified atom stereocenters. The summed E-state index contributed by atoms with van der Waals surface area (Å²) in [5.74, 6) is 0. The van der Waals surface area contributed by atoms with Crippen molar-refractivity contribution in [3.8, 4) is 0 Å². The Morgan fingerprint density at radius 2 is 1.80 bits per heavy atom. The molecule has 0 saturated heterocycles. The standard InChI is InChI=1S/C12H22N2S/c1-2-3-4-5-6-7-8-10-14-11-9-13-12(14)15/h9,11H,2-8,10H2,1H3,(H,13,15). The van der Waals surface area contributed by atoms with Crippen LogP contribution in [-0.2, 0) is 6.54 Å². The summed E-state index contributed by atoms with van der Waals surface area (Å²) in [6.07, 6.45) is 13.4. The predicted molar refractivity (Wildman–Crippen MR) is 67.6 cm³/mol. The van der Waals surface area contributed by atoms with Crippen LogP contribution in [0.1, 0.15) is 51.9 Å². The second kappa shape index (κ2) is 7.69. The van der Waals surface area contributed by atoms with E-state index >= 15 is 0 Å². The lowest BCUT2D eigenvalue weighted by Gasteiger charge is -2.02. The van der Waals surface area contributed by atoms with E-state index in [4.69, 9.17) is 12.2 Å². The number of aromatic amines is 1. The maximum Gasteiger partial charge on any atom is 0.177 e. The number of aromatic nitrogens is 2. The highest BCUT2D eigenvalue weighted by Crippen LogP contribution is 2.07. The van der Waals surface area contributed by atoms with Crippen LogP contribution < -0.4 is 0 Å². The molecule has 0 radical (unpaired) electrons. The second-order valence-corrected chi connectivity index (χ2v) is 4.47. The van der Waals surface area contributed by atoms with Gasteiger partial charge in [-0.1, -0.05) is 45.4 Å². The van der Waals surface area contributed by atoms with Gasteiger partial charge in [0.2, 0.25) is 0 Å². The Hall–Kier alpha value is -0.570. The molecular formula is C12H22N2S. The van der Waals surface area contributed by atoms with Gasteiger partial charge in [0.1, 0.15) is 0 Å². The summed E-state index contributed by atoms with van der Waals surface area (Å²) in [5, 5.41) is 0. The quantitative estimate of drug-likeness (QED) is 0.518. The Morgan fingerprint density at radius 1 is 1.13 bits per heavy atom. The summed E-state index contributed by atoms with van der Waals surface area (Å²) < 4.78 is 2.96. The predicted octanol–water partition coefficient (Wildman–Crippen LogP) is 4.30. The third kappa shape index (κ3) is 5.17. The number of H-pyrrole nitrogens is 1. The van der Waals surface area contributed by atoms with Crippen molar-refractivity contribution < 1.29 is 0 Å². The molecule has 0 amide bonds. The van der Waals surface area contributed by atoms with Crippen molar-refractivity contribution >= 4 is 12.2 Å². The van der Waals surface area contributed by atoms with Crippen molar-refractivity contribution in [1.82, 2.24) is 9.55 Å². The van der Waals surface area contributed by atoms with Crippen molar-refractivity contribution in [1.29, 1.82) is 0 Å². The Morgan fingerprint density at radius 3 is 2.40 bits per heavy atom. The number of hydrogen-bond donors (Lipinski definition) is 1. The van der Waals surface area contributed by atoms with E-state index in [0.717, 1.165) is 11.3 Å². The first-order valence-electron chi connectivity index (χ1n) is 6.08. The smallest absolute Gasteiger partial charge is 0.177 e. The number of rotatable bonds is 8. The maximum atomic E-state index is 5.13. The number of imidazole rings is 1. The molecule has 0 saturated carbocycles. The molecule has 0 aliphatic rings. The van der Waals surface area contributed by atoms with Gasteiger partial charge < -0.3 is 9.55 Å². The Kier molecular flexibility index (Phi) is 6.41. The zero-order chi connectivity index (χ0) is 10.9. The van der Waals surface area contributed by atoms with Gasteiger partial charge in [0.15, 0.2) is 4.77 Å². The van der Waals surface area contributed by atoms with E-state index in [-0.39, 0.29) is 0 Å². The number of hydrogen-bond acceptors (Lipinski definition) is 1. The SMILES string of the molecule is CCCCCCCCCn1cc[nH]c1=S. The molecule has 1 rings (SSSR count). The minimum absolute atomic E-state index is 0.848. The van der Waals surface area contributed by atoms with Gasteiger partial charge in [-0.25, -0.2) is 0 Å². The molecule has 0 bridgehead atoms.